The number of hydrazine groups is 3. The highest BCUT2D eigenvalue weighted by atomic mass is 16.5. The standard InChI is InChI=1S/C23H30N8O2/c1-3-4-9-20-25-21(14-24-23(32)33-2)31(28-20)15-16-10-12-17(13-11-16)18-7-5-6-8-19(18)22-26-29-30-27-22/h5-8,10-13,22,26-27,29-30H,3-4,9,14-15H2,1-2H3,(H,24,32). The molecule has 0 radical (unpaired) electrons. The summed E-state index contributed by atoms with van der Waals surface area (Å²) in [6.07, 6.45) is 2.39. The molecule has 1 fully saturated rings. The van der Waals surface area contributed by atoms with Gasteiger partial charge in [-0.3, -0.25) is 0 Å². The van der Waals surface area contributed by atoms with Crippen LogP contribution in [0.1, 0.15) is 48.7 Å². The lowest BCUT2D eigenvalue weighted by molar-refractivity contribution is 0.170. The van der Waals surface area contributed by atoms with Gasteiger partial charge in [-0.05, 0) is 28.7 Å². The van der Waals surface area contributed by atoms with Crippen LogP contribution in [0.5, 0.6) is 0 Å². The van der Waals surface area contributed by atoms with Crippen molar-refractivity contribution in [2.24, 2.45) is 0 Å². The molecule has 2 heterocycles. The Hall–Kier alpha value is -3.31. The summed E-state index contributed by atoms with van der Waals surface area (Å²) in [7, 11) is 1.35. The van der Waals surface area contributed by atoms with E-state index in [0.717, 1.165) is 47.3 Å². The van der Waals surface area contributed by atoms with Crippen LogP contribution < -0.4 is 27.2 Å². The van der Waals surface area contributed by atoms with Crippen molar-refractivity contribution in [1.29, 1.82) is 0 Å². The Morgan fingerprint density at radius 1 is 1.12 bits per heavy atom. The number of alkyl carbamates (subject to hydrolysis) is 1. The number of ether oxygens (including phenoxy) is 1. The largest absolute Gasteiger partial charge is 0.453 e. The molecule has 0 bridgehead atoms. The molecular weight excluding hydrogens is 420 g/mol. The molecule has 3 aromatic rings. The molecule has 1 amide bonds. The van der Waals surface area contributed by atoms with Crippen LogP contribution in [0.2, 0.25) is 0 Å². The van der Waals surface area contributed by atoms with Crippen molar-refractivity contribution >= 4 is 6.09 Å². The number of hydrogen-bond acceptors (Lipinski definition) is 8. The van der Waals surface area contributed by atoms with E-state index in [1.165, 1.54) is 7.11 Å². The first-order valence-corrected chi connectivity index (χ1v) is 11.1. The quantitative estimate of drug-likeness (QED) is 0.337. The summed E-state index contributed by atoms with van der Waals surface area (Å²) in [6, 6.07) is 16.7. The van der Waals surface area contributed by atoms with Crippen LogP contribution in [0.4, 0.5) is 4.79 Å². The summed E-state index contributed by atoms with van der Waals surface area (Å²) in [5.74, 6) is 1.50. The highest BCUT2D eigenvalue weighted by molar-refractivity contribution is 5.68. The van der Waals surface area contributed by atoms with E-state index in [1.807, 2.05) is 16.8 Å². The summed E-state index contributed by atoms with van der Waals surface area (Å²) in [4.78, 5) is 16.1. The van der Waals surface area contributed by atoms with Gasteiger partial charge in [0.05, 0.1) is 20.2 Å². The summed E-state index contributed by atoms with van der Waals surface area (Å²) in [5, 5.41) is 7.38. The lowest BCUT2D eigenvalue weighted by atomic mass is 9.97. The maximum absolute atomic E-state index is 11.5. The third kappa shape index (κ3) is 5.74. The molecule has 0 unspecified atom stereocenters. The van der Waals surface area contributed by atoms with Crippen molar-refractivity contribution in [1.82, 2.24) is 42.0 Å². The van der Waals surface area contributed by atoms with E-state index in [-0.39, 0.29) is 12.7 Å². The second-order valence-electron chi connectivity index (χ2n) is 7.81. The van der Waals surface area contributed by atoms with Crippen LogP contribution in [-0.2, 0) is 24.2 Å². The SMILES string of the molecule is CCCCc1nc(CNC(=O)OC)n(Cc2ccc(-c3ccccc3C3NNNN3)cc2)n1. The van der Waals surface area contributed by atoms with Crippen molar-refractivity contribution in [2.75, 3.05) is 7.11 Å². The topological polar surface area (TPSA) is 117 Å². The van der Waals surface area contributed by atoms with Crippen LogP contribution in [0, 0.1) is 0 Å². The molecule has 1 saturated heterocycles. The number of carbonyl (C=O) groups is 1. The Morgan fingerprint density at radius 3 is 2.61 bits per heavy atom. The van der Waals surface area contributed by atoms with Gasteiger partial charge in [0.1, 0.15) is 12.0 Å². The van der Waals surface area contributed by atoms with Crippen LogP contribution in [-0.4, -0.2) is 28.0 Å². The number of rotatable bonds is 9. The van der Waals surface area contributed by atoms with E-state index in [0.29, 0.717) is 12.4 Å². The van der Waals surface area contributed by atoms with Crippen molar-refractivity contribution in [3.05, 3.63) is 71.3 Å². The van der Waals surface area contributed by atoms with E-state index < -0.39 is 6.09 Å². The second kappa shape index (κ2) is 11.0. The molecule has 10 heteroatoms. The number of nitrogens with one attached hydrogen (secondary N) is 5. The van der Waals surface area contributed by atoms with E-state index in [4.69, 9.17) is 0 Å². The van der Waals surface area contributed by atoms with Crippen LogP contribution >= 0.6 is 0 Å². The van der Waals surface area contributed by atoms with Gasteiger partial charge in [-0.15, -0.1) is 0 Å². The van der Waals surface area contributed by atoms with Gasteiger partial charge >= 0.3 is 6.09 Å². The van der Waals surface area contributed by atoms with Crippen LogP contribution in [0.15, 0.2) is 48.5 Å². The Morgan fingerprint density at radius 2 is 1.88 bits per heavy atom. The summed E-state index contributed by atoms with van der Waals surface area (Å²) in [6.45, 7) is 2.97. The summed E-state index contributed by atoms with van der Waals surface area (Å²) >= 11 is 0. The molecule has 1 aromatic heterocycles. The number of nitrogens with zero attached hydrogens (tertiary/aromatic N) is 3. The van der Waals surface area contributed by atoms with Gasteiger partial charge in [0.25, 0.3) is 0 Å². The fourth-order valence-electron chi connectivity index (χ4n) is 3.73. The monoisotopic (exact) mass is 450 g/mol. The van der Waals surface area contributed by atoms with Crippen molar-refractivity contribution < 1.29 is 9.53 Å². The molecule has 0 spiro atoms. The molecule has 1 aliphatic rings. The third-order valence-electron chi connectivity index (χ3n) is 5.49. The average Bonchev–Trinajstić information content (AvgIpc) is 3.52. The smallest absolute Gasteiger partial charge is 0.407 e. The molecule has 174 valence electrons. The average molecular weight is 451 g/mol. The molecular formula is C23H30N8O2. The first-order chi connectivity index (χ1) is 16.2. The highest BCUT2D eigenvalue weighted by Gasteiger charge is 2.18. The fraction of sp³-hybridized carbons (Fsp3) is 0.348. The fourth-order valence-corrected chi connectivity index (χ4v) is 3.73. The molecule has 1 aliphatic heterocycles. The molecule has 4 rings (SSSR count). The summed E-state index contributed by atoms with van der Waals surface area (Å²) < 4.78 is 6.53. The van der Waals surface area contributed by atoms with Gasteiger partial charge in [-0.1, -0.05) is 61.9 Å². The van der Waals surface area contributed by atoms with Gasteiger partial charge in [-0.2, -0.15) is 16.2 Å². The summed E-state index contributed by atoms with van der Waals surface area (Å²) in [5.41, 5.74) is 16.5. The van der Waals surface area contributed by atoms with Gasteiger partial charge in [-0.25, -0.2) is 25.3 Å². The first kappa shape index (κ1) is 22.9. The zero-order valence-corrected chi connectivity index (χ0v) is 18.9. The maximum Gasteiger partial charge on any atom is 0.407 e. The number of benzene rings is 2. The zero-order valence-electron chi connectivity index (χ0n) is 18.9. The van der Waals surface area contributed by atoms with Crippen molar-refractivity contribution in [3.63, 3.8) is 0 Å². The van der Waals surface area contributed by atoms with Crippen LogP contribution in [0.25, 0.3) is 11.1 Å². The second-order valence-corrected chi connectivity index (χ2v) is 7.81. The van der Waals surface area contributed by atoms with Gasteiger partial charge in [0.2, 0.25) is 0 Å². The number of methoxy groups -OCH3 is 1. The molecule has 2 aromatic carbocycles. The predicted octanol–water partition coefficient (Wildman–Crippen LogP) is 2.31. The minimum atomic E-state index is -0.487. The Balaban J connectivity index is 1.52. The van der Waals surface area contributed by atoms with Crippen molar-refractivity contribution in [3.8, 4) is 11.1 Å². The van der Waals surface area contributed by atoms with E-state index in [1.54, 1.807) is 0 Å². The molecule has 33 heavy (non-hydrogen) atoms. The normalized spacial score (nSPS) is 13.9. The number of aromatic nitrogens is 3. The highest BCUT2D eigenvalue weighted by Crippen LogP contribution is 2.28. The Bertz CT molecular complexity index is 1060. The first-order valence-electron chi connectivity index (χ1n) is 11.1. The lowest BCUT2D eigenvalue weighted by Gasteiger charge is -2.15. The molecule has 0 atom stereocenters. The van der Waals surface area contributed by atoms with Crippen LogP contribution in [0.3, 0.4) is 0 Å². The van der Waals surface area contributed by atoms with E-state index >= 15 is 0 Å². The number of hydrogen-bond donors (Lipinski definition) is 5. The number of unbranched alkanes of at least 4 members (excludes halogenated alkanes) is 1. The van der Waals surface area contributed by atoms with E-state index in [2.05, 4.69) is 85.4 Å². The minimum absolute atomic E-state index is 0.0394. The lowest BCUT2D eigenvalue weighted by Crippen LogP contribution is -2.33. The zero-order chi connectivity index (χ0) is 23.0. The van der Waals surface area contributed by atoms with Gasteiger partial charge < -0.3 is 10.1 Å². The Labute approximate surface area is 193 Å². The predicted molar refractivity (Wildman–Crippen MR) is 124 cm³/mol. The maximum atomic E-state index is 11.5. The van der Waals surface area contributed by atoms with Gasteiger partial charge in [0, 0.05) is 6.42 Å². The number of aryl methyl sites for hydroxylation is 1. The van der Waals surface area contributed by atoms with Crippen molar-refractivity contribution in [2.45, 2.75) is 45.4 Å². The number of amides is 1. The van der Waals surface area contributed by atoms with Gasteiger partial charge in [0.15, 0.2) is 5.82 Å². The molecule has 5 N–H and O–H groups in total. The molecule has 0 saturated carbocycles. The molecule has 10 nitrogen and oxygen atoms in total. The Kier molecular flexibility index (Phi) is 7.63. The molecule has 0 aliphatic carbocycles. The third-order valence-corrected chi connectivity index (χ3v) is 5.49. The minimum Gasteiger partial charge on any atom is -0.453 e. The number of carbonyl (C=O) groups excluding carboxylic acids is 1. The van der Waals surface area contributed by atoms with E-state index in [9.17, 15) is 4.79 Å².